The molecule has 1 saturated heterocycles. The highest BCUT2D eigenvalue weighted by atomic mass is 16.6. The summed E-state index contributed by atoms with van der Waals surface area (Å²) in [5, 5.41) is 0. The Hall–Kier alpha value is -0.0400. The minimum atomic E-state index is 0.288. The van der Waals surface area contributed by atoms with E-state index in [0.29, 0.717) is 0 Å². The van der Waals surface area contributed by atoms with Crippen LogP contribution in [0.25, 0.3) is 0 Å². The number of epoxide rings is 1. The Bertz CT molecular complexity index is 220. The number of ether oxygens (including phenoxy) is 1. The lowest BCUT2D eigenvalue weighted by Crippen LogP contribution is -2.02. The summed E-state index contributed by atoms with van der Waals surface area (Å²) in [6, 6.07) is 0. The summed E-state index contributed by atoms with van der Waals surface area (Å²) in [5.74, 6) is 0. The van der Waals surface area contributed by atoms with Crippen LogP contribution >= 0.6 is 0 Å². The molecule has 1 aliphatic heterocycles. The third-order valence-electron chi connectivity index (χ3n) is 4.95. The maximum Gasteiger partial charge on any atom is 0.0888 e. The molecule has 126 valence electrons. The van der Waals surface area contributed by atoms with Gasteiger partial charge in [0.1, 0.15) is 0 Å². The molecule has 1 unspecified atom stereocenters. The zero-order chi connectivity index (χ0) is 15.2. The minimum Gasteiger partial charge on any atom is -0.370 e. The number of hydrogen-bond acceptors (Lipinski definition) is 1. The molecule has 0 saturated carbocycles. The van der Waals surface area contributed by atoms with Gasteiger partial charge in [-0.25, -0.2) is 0 Å². The van der Waals surface area contributed by atoms with Crippen LogP contribution in [0.2, 0.25) is 0 Å². The van der Waals surface area contributed by atoms with Crippen molar-refractivity contribution < 1.29 is 4.74 Å². The summed E-state index contributed by atoms with van der Waals surface area (Å²) in [7, 11) is 0. The molecular formula is C20H40O. The lowest BCUT2D eigenvalue weighted by atomic mass is 10.0. The molecule has 1 rings (SSSR count). The normalized spacial score (nSPS) is 20.9. The first-order chi connectivity index (χ1) is 10.3. The van der Waals surface area contributed by atoms with E-state index in [0.717, 1.165) is 6.61 Å². The van der Waals surface area contributed by atoms with Gasteiger partial charge in [0.2, 0.25) is 0 Å². The van der Waals surface area contributed by atoms with Crippen molar-refractivity contribution in [2.45, 2.75) is 122 Å². The Morgan fingerprint density at radius 2 is 0.952 bits per heavy atom. The van der Waals surface area contributed by atoms with Crippen molar-refractivity contribution in [3.63, 3.8) is 0 Å². The molecule has 0 aromatic heterocycles. The zero-order valence-corrected chi connectivity index (χ0v) is 14.9. The molecule has 0 spiro atoms. The third kappa shape index (κ3) is 12.2. The quantitative estimate of drug-likeness (QED) is 0.220. The van der Waals surface area contributed by atoms with Gasteiger partial charge in [0, 0.05) is 0 Å². The van der Waals surface area contributed by atoms with Crippen molar-refractivity contribution in [2.24, 2.45) is 0 Å². The summed E-state index contributed by atoms with van der Waals surface area (Å²) < 4.78 is 5.42. The third-order valence-corrected chi connectivity index (χ3v) is 4.95. The van der Waals surface area contributed by atoms with Crippen LogP contribution in [0.15, 0.2) is 0 Å². The molecule has 0 bridgehead atoms. The monoisotopic (exact) mass is 296 g/mol. The molecule has 1 aliphatic rings. The Morgan fingerprint density at radius 3 is 1.29 bits per heavy atom. The lowest BCUT2D eigenvalue weighted by Gasteiger charge is -2.05. The molecular weight excluding hydrogens is 256 g/mol. The van der Waals surface area contributed by atoms with Gasteiger partial charge in [-0.3, -0.25) is 0 Å². The van der Waals surface area contributed by atoms with Crippen molar-refractivity contribution >= 4 is 0 Å². The highest BCUT2D eigenvalue weighted by Crippen LogP contribution is 2.31. The maximum atomic E-state index is 5.42. The van der Waals surface area contributed by atoms with E-state index in [9.17, 15) is 0 Å². The van der Waals surface area contributed by atoms with Gasteiger partial charge < -0.3 is 4.74 Å². The summed E-state index contributed by atoms with van der Waals surface area (Å²) in [5.41, 5.74) is 0.288. The molecule has 0 radical (unpaired) electrons. The van der Waals surface area contributed by atoms with Crippen molar-refractivity contribution in [2.75, 3.05) is 6.61 Å². The fourth-order valence-corrected chi connectivity index (χ4v) is 3.14. The van der Waals surface area contributed by atoms with Crippen LogP contribution in [0, 0.1) is 0 Å². The van der Waals surface area contributed by atoms with Gasteiger partial charge in [-0.2, -0.15) is 0 Å². The topological polar surface area (TPSA) is 12.5 Å². The van der Waals surface area contributed by atoms with E-state index >= 15 is 0 Å². The van der Waals surface area contributed by atoms with Crippen LogP contribution in [0.5, 0.6) is 0 Å². The summed E-state index contributed by atoms with van der Waals surface area (Å²) in [6.45, 7) is 5.55. The Kier molecular flexibility index (Phi) is 11.3. The van der Waals surface area contributed by atoms with E-state index in [1.807, 2.05) is 0 Å². The SMILES string of the molecule is CCCCCCCCCCCCCCCCCC1(C)CO1. The minimum absolute atomic E-state index is 0.288. The highest BCUT2D eigenvalue weighted by Gasteiger charge is 2.37. The largest absolute Gasteiger partial charge is 0.370 e. The van der Waals surface area contributed by atoms with E-state index in [-0.39, 0.29) is 5.60 Å². The van der Waals surface area contributed by atoms with Crippen molar-refractivity contribution in [3.05, 3.63) is 0 Å². The Labute approximate surface area is 134 Å². The molecule has 0 N–H and O–H groups in total. The predicted octanol–water partition coefficient (Wildman–Crippen LogP) is 7.04. The zero-order valence-electron chi connectivity index (χ0n) is 14.9. The van der Waals surface area contributed by atoms with Crippen molar-refractivity contribution in [1.82, 2.24) is 0 Å². The molecule has 0 amide bonds. The second-order valence-electron chi connectivity index (χ2n) is 7.44. The van der Waals surface area contributed by atoms with Gasteiger partial charge >= 0.3 is 0 Å². The van der Waals surface area contributed by atoms with Gasteiger partial charge in [0.25, 0.3) is 0 Å². The van der Waals surface area contributed by atoms with Gasteiger partial charge in [-0.15, -0.1) is 0 Å². The molecule has 1 heteroatoms. The fourth-order valence-electron chi connectivity index (χ4n) is 3.14. The number of rotatable bonds is 16. The average molecular weight is 297 g/mol. The van der Waals surface area contributed by atoms with Crippen LogP contribution < -0.4 is 0 Å². The van der Waals surface area contributed by atoms with Gasteiger partial charge in [0.05, 0.1) is 12.2 Å². The van der Waals surface area contributed by atoms with Crippen molar-refractivity contribution in [1.29, 1.82) is 0 Å². The Morgan fingerprint density at radius 1 is 0.619 bits per heavy atom. The van der Waals surface area contributed by atoms with Crippen LogP contribution in [0.4, 0.5) is 0 Å². The first kappa shape index (κ1) is 19.0. The molecule has 1 atom stereocenters. The van der Waals surface area contributed by atoms with E-state index in [1.165, 1.54) is 103 Å². The van der Waals surface area contributed by atoms with Crippen LogP contribution in [-0.2, 0) is 4.74 Å². The molecule has 1 nitrogen and oxygen atoms in total. The van der Waals surface area contributed by atoms with E-state index in [4.69, 9.17) is 4.74 Å². The standard InChI is InChI=1S/C20H40O/c1-3-4-5-6-7-8-9-10-11-12-13-14-15-16-17-18-20(2)19-21-20/h3-19H2,1-2H3. The van der Waals surface area contributed by atoms with E-state index in [2.05, 4.69) is 13.8 Å². The molecule has 1 heterocycles. The molecule has 0 aromatic rings. The number of hydrogen-bond donors (Lipinski definition) is 0. The van der Waals surface area contributed by atoms with Crippen LogP contribution in [-0.4, -0.2) is 12.2 Å². The predicted molar refractivity (Wildman–Crippen MR) is 93.9 cm³/mol. The summed E-state index contributed by atoms with van der Waals surface area (Å²) in [4.78, 5) is 0. The highest BCUT2D eigenvalue weighted by molar-refractivity contribution is 4.86. The van der Waals surface area contributed by atoms with Gasteiger partial charge in [-0.05, 0) is 13.3 Å². The van der Waals surface area contributed by atoms with Crippen LogP contribution in [0.3, 0.4) is 0 Å². The molecule has 0 aliphatic carbocycles. The first-order valence-electron chi connectivity index (χ1n) is 9.91. The van der Waals surface area contributed by atoms with Gasteiger partial charge in [0.15, 0.2) is 0 Å². The van der Waals surface area contributed by atoms with Crippen molar-refractivity contribution in [3.8, 4) is 0 Å². The average Bonchev–Trinajstić information content (AvgIpc) is 3.21. The molecule has 21 heavy (non-hydrogen) atoms. The number of unbranched alkanes of at least 4 members (excludes halogenated alkanes) is 14. The first-order valence-corrected chi connectivity index (χ1v) is 9.91. The van der Waals surface area contributed by atoms with Crippen LogP contribution in [0.1, 0.15) is 117 Å². The Balaban J connectivity index is 1.63. The molecule has 0 aromatic carbocycles. The van der Waals surface area contributed by atoms with E-state index in [1.54, 1.807) is 0 Å². The summed E-state index contributed by atoms with van der Waals surface area (Å²) in [6.07, 6.45) is 23.0. The lowest BCUT2D eigenvalue weighted by molar-refractivity contribution is 0.301. The maximum absolute atomic E-state index is 5.42. The smallest absolute Gasteiger partial charge is 0.0888 e. The second-order valence-corrected chi connectivity index (χ2v) is 7.44. The summed E-state index contributed by atoms with van der Waals surface area (Å²) >= 11 is 0. The molecule has 1 fully saturated rings. The second kappa shape index (κ2) is 12.5. The van der Waals surface area contributed by atoms with E-state index < -0.39 is 0 Å². The fraction of sp³-hybridized carbons (Fsp3) is 1.00. The van der Waals surface area contributed by atoms with Gasteiger partial charge in [-0.1, -0.05) is 103 Å².